The summed E-state index contributed by atoms with van der Waals surface area (Å²) < 4.78 is 18.0. The largest absolute Gasteiger partial charge is 0.495 e. The lowest BCUT2D eigenvalue weighted by Gasteiger charge is -2.13. The predicted octanol–water partition coefficient (Wildman–Crippen LogP) is 3.64. The van der Waals surface area contributed by atoms with Gasteiger partial charge in [-0.25, -0.2) is 4.39 Å². The summed E-state index contributed by atoms with van der Waals surface area (Å²) in [7, 11) is 1.59. The normalized spacial score (nSPS) is 9.79. The lowest BCUT2D eigenvalue weighted by atomic mass is 10.3. The Labute approximate surface area is 116 Å². The van der Waals surface area contributed by atoms with Crippen molar-refractivity contribution in [2.45, 2.75) is 0 Å². The highest BCUT2D eigenvalue weighted by Gasteiger charge is 2.04. The zero-order valence-electron chi connectivity index (χ0n) is 10.3. The van der Waals surface area contributed by atoms with Crippen LogP contribution in [0.15, 0.2) is 48.5 Å². The molecule has 5 heteroatoms. The molecule has 0 amide bonds. The second-order valence-corrected chi connectivity index (χ2v) is 4.19. The number of rotatable bonds is 3. The number of benzene rings is 2. The van der Waals surface area contributed by atoms with Gasteiger partial charge in [0.05, 0.1) is 12.8 Å². The summed E-state index contributed by atoms with van der Waals surface area (Å²) in [5.41, 5.74) is 1.48. The number of halogens is 1. The maximum absolute atomic E-state index is 12.8. The first-order valence-corrected chi connectivity index (χ1v) is 6.06. The van der Waals surface area contributed by atoms with Crippen LogP contribution in [-0.4, -0.2) is 12.2 Å². The van der Waals surface area contributed by atoms with E-state index in [0.29, 0.717) is 16.5 Å². The van der Waals surface area contributed by atoms with Gasteiger partial charge in [-0.2, -0.15) is 0 Å². The summed E-state index contributed by atoms with van der Waals surface area (Å²) in [6.45, 7) is 0. The van der Waals surface area contributed by atoms with E-state index in [1.165, 1.54) is 12.1 Å². The standard InChI is InChI=1S/C14H13FN2OS/c1-18-13-5-3-2-4-12(13)17-14(19)16-11-8-6-10(15)7-9-11/h2-9H,1H3,(H2,16,17,19). The number of hydrogen-bond acceptors (Lipinski definition) is 2. The van der Waals surface area contributed by atoms with Gasteiger partial charge < -0.3 is 15.4 Å². The Bertz CT molecular complexity index is 572. The smallest absolute Gasteiger partial charge is 0.175 e. The molecule has 0 bridgehead atoms. The topological polar surface area (TPSA) is 33.3 Å². The van der Waals surface area contributed by atoms with Crippen LogP contribution in [0.5, 0.6) is 5.75 Å². The van der Waals surface area contributed by atoms with E-state index in [2.05, 4.69) is 10.6 Å². The number of thiocarbonyl (C=S) groups is 1. The highest BCUT2D eigenvalue weighted by Crippen LogP contribution is 2.23. The fourth-order valence-corrected chi connectivity index (χ4v) is 1.79. The van der Waals surface area contributed by atoms with E-state index in [1.807, 2.05) is 24.3 Å². The molecular weight excluding hydrogens is 263 g/mol. The highest BCUT2D eigenvalue weighted by molar-refractivity contribution is 7.80. The molecular formula is C14H13FN2OS. The lowest BCUT2D eigenvalue weighted by molar-refractivity contribution is 0.417. The van der Waals surface area contributed by atoms with Crippen molar-refractivity contribution in [1.29, 1.82) is 0 Å². The molecule has 98 valence electrons. The van der Waals surface area contributed by atoms with Crippen LogP contribution in [-0.2, 0) is 0 Å². The fourth-order valence-electron chi connectivity index (χ4n) is 1.57. The molecule has 0 heterocycles. The van der Waals surface area contributed by atoms with Crippen LogP contribution in [0.3, 0.4) is 0 Å². The van der Waals surface area contributed by atoms with Gasteiger partial charge in [-0.1, -0.05) is 12.1 Å². The zero-order chi connectivity index (χ0) is 13.7. The van der Waals surface area contributed by atoms with Gasteiger partial charge in [0.25, 0.3) is 0 Å². The number of nitrogens with one attached hydrogen (secondary N) is 2. The van der Waals surface area contributed by atoms with E-state index in [4.69, 9.17) is 17.0 Å². The van der Waals surface area contributed by atoms with Gasteiger partial charge in [0.1, 0.15) is 11.6 Å². The van der Waals surface area contributed by atoms with Gasteiger partial charge in [-0.3, -0.25) is 0 Å². The molecule has 0 saturated heterocycles. The third-order valence-corrected chi connectivity index (χ3v) is 2.66. The molecule has 0 radical (unpaired) electrons. The van der Waals surface area contributed by atoms with Gasteiger partial charge in [0.2, 0.25) is 0 Å². The number of ether oxygens (including phenoxy) is 1. The van der Waals surface area contributed by atoms with E-state index in [-0.39, 0.29) is 5.82 Å². The Hall–Kier alpha value is -2.14. The van der Waals surface area contributed by atoms with Gasteiger partial charge in [-0.15, -0.1) is 0 Å². The summed E-state index contributed by atoms with van der Waals surface area (Å²) in [6.07, 6.45) is 0. The monoisotopic (exact) mass is 276 g/mol. The minimum absolute atomic E-state index is 0.283. The molecule has 19 heavy (non-hydrogen) atoms. The summed E-state index contributed by atoms with van der Waals surface area (Å²) in [6, 6.07) is 13.4. The third-order valence-electron chi connectivity index (χ3n) is 2.46. The summed E-state index contributed by atoms with van der Waals surface area (Å²) in [5, 5.41) is 6.41. The van der Waals surface area contributed by atoms with Crippen molar-refractivity contribution < 1.29 is 9.13 Å². The van der Waals surface area contributed by atoms with Crippen LogP contribution in [0, 0.1) is 5.82 Å². The predicted molar refractivity (Wildman–Crippen MR) is 79.2 cm³/mol. The van der Waals surface area contributed by atoms with Crippen LogP contribution in [0.1, 0.15) is 0 Å². The van der Waals surface area contributed by atoms with Crippen molar-refractivity contribution in [3.05, 3.63) is 54.3 Å². The van der Waals surface area contributed by atoms with E-state index < -0.39 is 0 Å². The SMILES string of the molecule is COc1ccccc1NC(=S)Nc1ccc(F)cc1. The van der Waals surface area contributed by atoms with Gasteiger partial charge >= 0.3 is 0 Å². The average molecular weight is 276 g/mol. The Morgan fingerprint density at radius 1 is 1.05 bits per heavy atom. The van der Waals surface area contributed by atoms with E-state index in [9.17, 15) is 4.39 Å². The second kappa shape index (κ2) is 6.15. The number of anilines is 2. The summed E-state index contributed by atoms with van der Waals surface area (Å²) >= 11 is 5.19. The van der Waals surface area contributed by atoms with Gasteiger partial charge in [-0.05, 0) is 48.6 Å². The van der Waals surface area contributed by atoms with E-state index >= 15 is 0 Å². The molecule has 0 unspecified atom stereocenters. The van der Waals surface area contributed by atoms with Crippen molar-refractivity contribution >= 4 is 28.7 Å². The summed E-state index contributed by atoms with van der Waals surface area (Å²) in [5.74, 6) is 0.417. The molecule has 2 aromatic rings. The lowest BCUT2D eigenvalue weighted by Crippen LogP contribution is -2.19. The van der Waals surface area contributed by atoms with Crippen molar-refractivity contribution in [1.82, 2.24) is 0 Å². The molecule has 2 aromatic carbocycles. The molecule has 0 spiro atoms. The van der Waals surface area contributed by atoms with Crippen molar-refractivity contribution in [2.75, 3.05) is 17.7 Å². The zero-order valence-corrected chi connectivity index (χ0v) is 11.1. The molecule has 2 rings (SSSR count). The Balaban J connectivity index is 2.03. The summed E-state index contributed by atoms with van der Waals surface area (Å²) in [4.78, 5) is 0. The Morgan fingerprint density at radius 3 is 2.42 bits per heavy atom. The quantitative estimate of drug-likeness (QED) is 0.839. The maximum atomic E-state index is 12.8. The third kappa shape index (κ3) is 3.66. The first-order chi connectivity index (χ1) is 9.19. The van der Waals surface area contributed by atoms with Crippen molar-refractivity contribution in [3.63, 3.8) is 0 Å². The first kappa shape index (κ1) is 13.3. The molecule has 0 fully saturated rings. The molecule has 3 nitrogen and oxygen atoms in total. The molecule has 0 aromatic heterocycles. The molecule has 0 aliphatic heterocycles. The minimum atomic E-state index is -0.283. The highest BCUT2D eigenvalue weighted by atomic mass is 32.1. The maximum Gasteiger partial charge on any atom is 0.175 e. The number of para-hydroxylation sites is 2. The number of methoxy groups -OCH3 is 1. The molecule has 2 N–H and O–H groups in total. The van der Waals surface area contributed by atoms with Crippen LogP contribution in [0.4, 0.5) is 15.8 Å². The van der Waals surface area contributed by atoms with Crippen molar-refractivity contribution in [2.24, 2.45) is 0 Å². The van der Waals surface area contributed by atoms with Crippen LogP contribution in [0.25, 0.3) is 0 Å². The molecule has 0 aliphatic rings. The average Bonchev–Trinajstić information content (AvgIpc) is 2.42. The number of hydrogen-bond donors (Lipinski definition) is 2. The van der Waals surface area contributed by atoms with Gasteiger partial charge in [0, 0.05) is 5.69 Å². The van der Waals surface area contributed by atoms with Crippen LogP contribution < -0.4 is 15.4 Å². The van der Waals surface area contributed by atoms with Crippen molar-refractivity contribution in [3.8, 4) is 5.75 Å². The fraction of sp³-hybridized carbons (Fsp3) is 0.0714. The first-order valence-electron chi connectivity index (χ1n) is 5.65. The van der Waals surface area contributed by atoms with Crippen LogP contribution >= 0.6 is 12.2 Å². The Morgan fingerprint density at radius 2 is 1.74 bits per heavy atom. The molecule has 0 aliphatic carbocycles. The van der Waals surface area contributed by atoms with E-state index in [0.717, 1.165) is 5.69 Å². The second-order valence-electron chi connectivity index (χ2n) is 3.79. The van der Waals surface area contributed by atoms with E-state index in [1.54, 1.807) is 19.2 Å². The molecule has 0 atom stereocenters. The Kier molecular flexibility index (Phi) is 4.30. The van der Waals surface area contributed by atoms with Crippen LogP contribution in [0.2, 0.25) is 0 Å². The minimum Gasteiger partial charge on any atom is -0.495 e. The van der Waals surface area contributed by atoms with Gasteiger partial charge in [0.15, 0.2) is 5.11 Å². The molecule has 0 saturated carbocycles.